The number of benzene rings is 2. The van der Waals surface area contributed by atoms with Gasteiger partial charge in [-0.2, -0.15) is 0 Å². The van der Waals surface area contributed by atoms with Gasteiger partial charge < -0.3 is 15.7 Å². The van der Waals surface area contributed by atoms with E-state index >= 15 is 0 Å². The molecule has 0 bridgehead atoms. The number of carbonyl (C=O) groups is 1. The molecule has 0 saturated heterocycles. The number of anilines is 1. The maximum Gasteiger partial charge on any atom is 0.251 e. The molecule has 0 atom stereocenters. The summed E-state index contributed by atoms with van der Waals surface area (Å²) in [5.41, 5.74) is 3.50. The summed E-state index contributed by atoms with van der Waals surface area (Å²) >= 11 is 0. The summed E-state index contributed by atoms with van der Waals surface area (Å²) in [5, 5.41) is 15.8. The summed E-state index contributed by atoms with van der Waals surface area (Å²) in [6.45, 7) is 5.03. The number of aryl methyl sites for hydroxylation is 1. The second-order valence-electron chi connectivity index (χ2n) is 4.92. The molecule has 0 radical (unpaired) electrons. The lowest BCUT2D eigenvalue weighted by atomic mass is 10.1. The van der Waals surface area contributed by atoms with E-state index < -0.39 is 0 Å². The summed E-state index contributed by atoms with van der Waals surface area (Å²) in [6.07, 6.45) is 0. The van der Waals surface area contributed by atoms with Crippen LogP contribution in [0.25, 0.3) is 0 Å². The summed E-state index contributed by atoms with van der Waals surface area (Å²) in [4.78, 5) is 11.7. The van der Waals surface area contributed by atoms with E-state index in [1.165, 1.54) is 0 Å². The van der Waals surface area contributed by atoms with Crippen LogP contribution in [-0.2, 0) is 6.54 Å². The van der Waals surface area contributed by atoms with E-state index in [9.17, 15) is 9.90 Å². The average Bonchev–Trinajstić information content (AvgIpc) is 2.49. The Labute approximate surface area is 124 Å². The maximum atomic E-state index is 11.7. The lowest BCUT2D eigenvalue weighted by Crippen LogP contribution is -2.22. The van der Waals surface area contributed by atoms with E-state index in [0.29, 0.717) is 18.7 Å². The van der Waals surface area contributed by atoms with Crippen LogP contribution in [0.5, 0.6) is 5.75 Å². The number of nitrogens with one attached hydrogen (secondary N) is 2. The van der Waals surface area contributed by atoms with Crippen molar-refractivity contribution < 1.29 is 9.90 Å². The molecule has 3 N–H and O–H groups in total. The van der Waals surface area contributed by atoms with Crippen LogP contribution < -0.4 is 10.6 Å². The molecule has 0 spiro atoms. The van der Waals surface area contributed by atoms with Crippen molar-refractivity contribution in [1.82, 2.24) is 5.32 Å². The smallest absolute Gasteiger partial charge is 0.251 e. The molecule has 4 nitrogen and oxygen atoms in total. The van der Waals surface area contributed by atoms with Crippen LogP contribution in [0, 0.1) is 6.92 Å². The normalized spacial score (nSPS) is 10.2. The van der Waals surface area contributed by atoms with Crippen molar-refractivity contribution in [2.45, 2.75) is 20.4 Å². The van der Waals surface area contributed by atoms with Crippen LogP contribution in [0.1, 0.15) is 28.4 Å². The first-order valence-electron chi connectivity index (χ1n) is 7.00. The van der Waals surface area contributed by atoms with Crippen molar-refractivity contribution in [3.63, 3.8) is 0 Å². The molecule has 1 amide bonds. The Morgan fingerprint density at radius 3 is 2.52 bits per heavy atom. The third-order valence-corrected chi connectivity index (χ3v) is 3.20. The zero-order valence-electron chi connectivity index (χ0n) is 12.3. The van der Waals surface area contributed by atoms with Crippen molar-refractivity contribution in [2.24, 2.45) is 0 Å². The van der Waals surface area contributed by atoms with Crippen molar-refractivity contribution in [3.05, 3.63) is 59.2 Å². The number of rotatable bonds is 5. The van der Waals surface area contributed by atoms with Gasteiger partial charge in [0.15, 0.2) is 0 Å². The van der Waals surface area contributed by atoms with E-state index in [1.54, 1.807) is 18.2 Å². The topological polar surface area (TPSA) is 61.4 Å². The summed E-state index contributed by atoms with van der Waals surface area (Å²) in [7, 11) is 0. The zero-order chi connectivity index (χ0) is 15.2. The van der Waals surface area contributed by atoms with E-state index in [0.717, 1.165) is 16.8 Å². The first-order chi connectivity index (χ1) is 10.1. The standard InChI is InChI=1S/C17H20N2O2/c1-3-18-17(21)13-5-7-15(8-6-13)19-11-14-10-12(2)4-9-16(14)20/h4-10,19-20H,3,11H2,1-2H3,(H,18,21). The molecule has 2 rings (SSSR count). The number of phenolic OH excluding ortho intramolecular Hbond substituents is 1. The Balaban J connectivity index is 2.00. The molecule has 2 aromatic carbocycles. The third-order valence-electron chi connectivity index (χ3n) is 3.20. The Morgan fingerprint density at radius 1 is 1.14 bits per heavy atom. The molecule has 0 heterocycles. The molecule has 0 aliphatic carbocycles. The van der Waals surface area contributed by atoms with Crippen molar-refractivity contribution >= 4 is 11.6 Å². The molecule has 0 aromatic heterocycles. The Bertz CT molecular complexity index is 621. The number of hydrogen-bond donors (Lipinski definition) is 3. The molecule has 0 fully saturated rings. The molecule has 0 aliphatic rings. The van der Waals surface area contributed by atoms with Crippen LogP contribution in [0.4, 0.5) is 5.69 Å². The molecule has 21 heavy (non-hydrogen) atoms. The van der Waals surface area contributed by atoms with Gasteiger partial charge in [0.25, 0.3) is 5.91 Å². The van der Waals surface area contributed by atoms with Crippen molar-refractivity contribution in [1.29, 1.82) is 0 Å². The van der Waals surface area contributed by atoms with Gasteiger partial charge in [-0.15, -0.1) is 0 Å². The second kappa shape index (κ2) is 6.79. The van der Waals surface area contributed by atoms with Crippen molar-refractivity contribution in [2.75, 3.05) is 11.9 Å². The molecule has 4 heteroatoms. The number of phenols is 1. The predicted octanol–water partition coefficient (Wildman–Crippen LogP) is 3.06. The van der Waals surface area contributed by atoms with Gasteiger partial charge in [-0.25, -0.2) is 0 Å². The van der Waals surface area contributed by atoms with Crippen molar-refractivity contribution in [3.8, 4) is 5.75 Å². The predicted molar refractivity (Wildman–Crippen MR) is 84.6 cm³/mol. The van der Waals surface area contributed by atoms with Crippen LogP contribution in [-0.4, -0.2) is 17.6 Å². The summed E-state index contributed by atoms with van der Waals surface area (Å²) in [5.74, 6) is 0.215. The Morgan fingerprint density at radius 2 is 1.86 bits per heavy atom. The van der Waals surface area contributed by atoms with Gasteiger partial charge in [0, 0.05) is 29.9 Å². The van der Waals surface area contributed by atoms with Gasteiger partial charge in [0.2, 0.25) is 0 Å². The minimum absolute atomic E-state index is 0.0691. The number of hydrogen-bond acceptors (Lipinski definition) is 3. The van der Waals surface area contributed by atoms with Crippen LogP contribution in [0.2, 0.25) is 0 Å². The van der Waals surface area contributed by atoms with Gasteiger partial charge in [-0.3, -0.25) is 4.79 Å². The summed E-state index contributed by atoms with van der Waals surface area (Å²) in [6, 6.07) is 12.8. The monoisotopic (exact) mass is 284 g/mol. The molecular formula is C17H20N2O2. The van der Waals surface area contributed by atoms with Crippen LogP contribution in [0.15, 0.2) is 42.5 Å². The molecule has 0 aliphatic heterocycles. The molecule has 2 aromatic rings. The number of aromatic hydroxyl groups is 1. The highest BCUT2D eigenvalue weighted by Gasteiger charge is 2.04. The molecule has 0 saturated carbocycles. The Hall–Kier alpha value is -2.49. The first kappa shape index (κ1) is 14.9. The fraction of sp³-hybridized carbons (Fsp3) is 0.235. The largest absolute Gasteiger partial charge is 0.508 e. The highest BCUT2D eigenvalue weighted by Crippen LogP contribution is 2.20. The third kappa shape index (κ3) is 3.99. The van der Waals surface area contributed by atoms with Gasteiger partial charge in [0.1, 0.15) is 5.75 Å². The summed E-state index contributed by atoms with van der Waals surface area (Å²) < 4.78 is 0. The van der Waals surface area contributed by atoms with Gasteiger partial charge in [-0.1, -0.05) is 17.7 Å². The van der Waals surface area contributed by atoms with E-state index in [2.05, 4.69) is 10.6 Å². The molecule has 110 valence electrons. The van der Waals surface area contributed by atoms with Gasteiger partial charge in [-0.05, 0) is 44.2 Å². The van der Waals surface area contributed by atoms with E-state index in [1.807, 2.05) is 38.1 Å². The zero-order valence-corrected chi connectivity index (χ0v) is 12.3. The van der Waals surface area contributed by atoms with Gasteiger partial charge >= 0.3 is 0 Å². The molecular weight excluding hydrogens is 264 g/mol. The van der Waals surface area contributed by atoms with Crippen LogP contribution >= 0.6 is 0 Å². The highest BCUT2D eigenvalue weighted by molar-refractivity contribution is 5.94. The SMILES string of the molecule is CCNC(=O)c1ccc(NCc2cc(C)ccc2O)cc1. The minimum Gasteiger partial charge on any atom is -0.508 e. The molecule has 0 unspecified atom stereocenters. The Kier molecular flexibility index (Phi) is 4.82. The fourth-order valence-electron chi connectivity index (χ4n) is 2.06. The maximum absolute atomic E-state index is 11.7. The van der Waals surface area contributed by atoms with Gasteiger partial charge in [0.05, 0.1) is 0 Å². The van der Waals surface area contributed by atoms with Crippen LogP contribution in [0.3, 0.4) is 0 Å². The minimum atomic E-state index is -0.0691. The number of amides is 1. The lowest BCUT2D eigenvalue weighted by Gasteiger charge is -2.10. The fourth-order valence-corrected chi connectivity index (χ4v) is 2.06. The quantitative estimate of drug-likeness (QED) is 0.790. The number of carbonyl (C=O) groups excluding carboxylic acids is 1. The van der Waals surface area contributed by atoms with E-state index in [-0.39, 0.29) is 11.7 Å². The average molecular weight is 284 g/mol. The first-order valence-corrected chi connectivity index (χ1v) is 7.00. The highest BCUT2D eigenvalue weighted by atomic mass is 16.3. The second-order valence-corrected chi connectivity index (χ2v) is 4.92. The lowest BCUT2D eigenvalue weighted by molar-refractivity contribution is 0.0956. The van der Waals surface area contributed by atoms with E-state index in [4.69, 9.17) is 0 Å².